The Kier molecular flexibility index (Phi) is 9.53. The largest absolute Gasteiger partial charge is 0.495 e. The molecule has 13 heteroatoms. The van der Waals surface area contributed by atoms with Gasteiger partial charge in [0.05, 0.1) is 24.9 Å². The fraction of sp³-hybridized carbons (Fsp3) is 0.323. The molecule has 3 unspecified atom stereocenters. The monoisotopic (exact) mass is 718 g/mol. The predicted molar refractivity (Wildman–Crippen MR) is 169 cm³/mol. The lowest BCUT2D eigenvalue weighted by atomic mass is 9.96. The number of aromatic nitrogens is 4. The maximum atomic E-state index is 14.8. The number of aromatic amines is 1. The van der Waals surface area contributed by atoms with Crippen molar-refractivity contribution in [3.8, 4) is 34.3 Å². The van der Waals surface area contributed by atoms with Gasteiger partial charge in [0.1, 0.15) is 11.8 Å². The number of nitrogens with zero attached hydrogens (tertiary/aromatic N) is 4. The molecule has 3 atom stereocenters. The molecule has 2 aromatic carbocycles. The summed E-state index contributed by atoms with van der Waals surface area (Å²) in [7, 11) is 1.44. The summed E-state index contributed by atoms with van der Waals surface area (Å²) in [6, 6.07) is 14.0. The molecule has 9 nitrogen and oxygen atoms in total. The fourth-order valence-corrected chi connectivity index (χ4v) is 4.96. The number of hydrogen-bond donors (Lipinski definition) is 2. The average Bonchev–Trinajstić information content (AvgIpc) is 3.49. The number of nitrogens with one attached hydrogen (secondary N) is 2. The van der Waals surface area contributed by atoms with Crippen molar-refractivity contribution in [2.24, 2.45) is 0 Å². The Morgan fingerprint density at radius 3 is 2.45 bits per heavy atom. The van der Waals surface area contributed by atoms with Crippen LogP contribution in [0.4, 0.5) is 18.9 Å². The van der Waals surface area contributed by atoms with Gasteiger partial charge in [-0.1, -0.05) is 48.1 Å². The molecular formula is C31H30F3IN6O3. The number of carbonyl (C=O) groups excluding carboxylic acids is 1. The van der Waals surface area contributed by atoms with Gasteiger partial charge in [-0.3, -0.25) is 19.3 Å². The zero-order chi connectivity index (χ0) is 32.4. The smallest absolute Gasteiger partial charge is 0.340 e. The van der Waals surface area contributed by atoms with Crippen molar-refractivity contribution in [3.05, 3.63) is 82.0 Å². The molecule has 0 aliphatic heterocycles. The lowest BCUT2D eigenvalue weighted by molar-refractivity contribution is -0.138. The van der Waals surface area contributed by atoms with Gasteiger partial charge in [0.25, 0.3) is 5.56 Å². The van der Waals surface area contributed by atoms with E-state index in [0.29, 0.717) is 33.7 Å². The van der Waals surface area contributed by atoms with E-state index in [1.807, 2.05) is 6.92 Å². The molecule has 4 aromatic rings. The number of pyridine rings is 1. The highest BCUT2D eigenvalue weighted by Crippen LogP contribution is 2.44. The third kappa shape index (κ3) is 6.21. The number of aryl methyl sites for hydroxylation is 1. The van der Waals surface area contributed by atoms with Gasteiger partial charge in [-0.25, -0.2) is 9.37 Å². The summed E-state index contributed by atoms with van der Waals surface area (Å²) >= 11 is 1.60. The van der Waals surface area contributed by atoms with E-state index in [1.54, 1.807) is 47.7 Å². The number of nitriles is 1. The van der Waals surface area contributed by atoms with Gasteiger partial charge in [-0.05, 0) is 56.7 Å². The van der Waals surface area contributed by atoms with Crippen LogP contribution >= 0.6 is 22.6 Å². The fourth-order valence-electron chi connectivity index (χ4n) is 4.57. The molecule has 0 saturated carbocycles. The van der Waals surface area contributed by atoms with Crippen molar-refractivity contribution in [3.63, 3.8) is 0 Å². The number of anilines is 1. The Labute approximate surface area is 265 Å². The van der Waals surface area contributed by atoms with Crippen LogP contribution in [-0.2, 0) is 10.7 Å². The second kappa shape index (κ2) is 12.8. The van der Waals surface area contributed by atoms with Gasteiger partial charge in [0.2, 0.25) is 5.91 Å². The molecule has 0 fully saturated rings. The molecule has 230 valence electrons. The first-order valence-electron chi connectivity index (χ1n) is 13.6. The van der Waals surface area contributed by atoms with E-state index in [-0.39, 0.29) is 12.2 Å². The van der Waals surface area contributed by atoms with Gasteiger partial charge in [-0.2, -0.15) is 19.1 Å². The number of ether oxygens (including phenoxy) is 1. The van der Waals surface area contributed by atoms with Gasteiger partial charge in [0.15, 0.2) is 17.3 Å². The highest BCUT2D eigenvalue weighted by atomic mass is 127. The maximum absolute atomic E-state index is 14.8. The van der Waals surface area contributed by atoms with E-state index in [2.05, 4.69) is 26.6 Å². The first kappa shape index (κ1) is 32.7. The van der Waals surface area contributed by atoms with E-state index in [9.17, 15) is 28.0 Å². The first-order chi connectivity index (χ1) is 20.7. The summed E-state index contributed by atoms with van der Waals surface area (Å²) in [5.41, 5.74) is -0.311. The molecule has 0 aliphatic carbocycles. The highest BCUT2D eigenvalue weighted by Gasteiger charge is 2.57. The SMILES string of the molecule is CCC(C(=O)Nc1ccc(-c2n[nH]c(C(F)(F)C(C)(F)C(C)I)n2)cc1)n1cc(OC)c(-c2cc(C)ccc2C#N)cc1=O. The first-order valence-corrected chi connectivity index (χ1v) is 14.9. The van der Waals surface area contributed by atoms with Crippen molar-refractivity contribution >= 4 is 34.2 Å². The molecule has 2 aromatic heterocycles. The van der Waals surface area contributed by atoms with Gasteiger partial charge < -0.3 is 10.1 Å². The maximum Gasteiger partial charge on any atom is 0.340 e. The number of hydrogen-bond acceptors (Lipinski definition) is 6. The van der Waals surface area contributed by atoms with Crippen molar-refractivity contribution in [2.45, 2.75) is 55.7 Å². The van der Waals surface area contributed by atoms with E-state index in [1.165, 1.54) is 55.1 Å². The average molecular weight is 719 g/mol. The third-order valence-corrected chi connectivity index (χ3v) is 8.60. The number of amides is 1. The molecule has 2 heterocycles. The summed E-state index contributed by atoms with van der Waals surface area (Å²) in [5.74, 6) is -5.01. The lowest BCUT2D eigenvalue weighted by Gasteiger charge is -2.30. The van der Waals surface area contributed by atoms with Crippen LogP contribution in [0.2, 0.25) is 0 Å². The summed E-state index contributed by atoms with van der Waals surface area (Å²) in [6.07, 6.45) is 1.73. The Hall–Kier alpha value is -4.19. The van der Waals surface area contributed by atoms with Crippen molar-refractivity contribution in [1.82, 2.24) is 19.7 Å². The van der Waals surface area contributed by atoms with E-state index in [0.717, 1.165) is 12.5 Å². The zero-order valence-electron chi connectivity index (χ0n) is 24.6. The number of H-pyrrole nitrogens is 1. The minimum atomic E-state index is -3.90. The number of methoxy groups -OCH3 is 1. The van der Waals surface area contributed by atoms with Crippen LogP contribution in [0.3, 0.4) is 0 Å². The highest BCUT2D eigenvalue weighted by molar-refractivity contribution is 14.1. The van der Waals surface area contributed by atoms with Crippen LogP contribution in [0, 0.1) is 18.3 Å². The van der Waals surface area contributed by atoms with Crippen molar-refractivity contribution < 1.29 is 22.7 Å². The van der Waals surface area contributed by atoms with E-state index < -0.39 is 38.8 Å². The van der Waals surface area contributed by atoms with Gasteiger partial charge in [0, 0.05) is 32.4 Å². The van der Waals surface area contributed by atoms with Gasteiger partial charge >= 0.3 is 5.92 Å². The molecule has 1 amide bonds. The standard InChI is InChI=1S/C31H30F3IN6O3/c1-6-24(41-16-25(44-5)23(14-26(41)42)22-13-17(2)7-8-20(22)15-36)28(43)37-21-11-9-19(10-12-21)27-38-29(40-39-27)31(33,34)30(4,32)18(3)35/h7-14,16,18,24H,6H2,1-5H3,(H,37,43)(H,38,39,40). The quantitative estimate of drug-likeness (QED) is 0.139. The number of halogens is 4. The molecule has 0 spiro atoms. The van der Waals surface area contributed by atoms with E-state index >= 15 is 0 Å². The molecule has 2 N–H and O–H groups in total. The molecule has 44 heavy (non-hydrogen) atoms. The lowest BCUT2D eigenvalue weighted by Crippen LogP contribution is -2.45. The molecule has 0 radical (unpaired) electrons. The third-order valence-electron chi connectivity index (χ3n) is 7.43. The minimum absolute atomic E-state index is 0.0622. The molecule has 0 saturated heterocycles. The topological polar surface area (TPSA) is 126 Å². The van der Waals surface area contributed by atoms with Crippen LogP contribution in [0.1, 0.15) is 50.2 Å². The number of benzene rings is 2. The summed E-state index contributed by atoms with van der Waals surface area (Å²) < 4.78 is 50.2. The second-order valence-corrected chi connectivity index (χ2v) is 12.3. The normalized spacial score (nSPS) is 14.3. The van der Waals surface area contributed by atoms with Crippen LogP contribution in [0.25, 0.3) is 22.5 Å². The molecular weight excluding hydrogens is 688 g/mol. The summed E-state index contributed by atoms with van der Waals surface area (Å²) in [5, 5.41) is 18.3. The van der Waals surface area contributed by atoms with Crippen LogP contribution in [-0.4, -0.2) is 42.4 Å². The number of rotatable bonds is 10. The second-order valence-electron chi connectivity index (χ2n) is 10.4. The van der Waals surface area contributed by atoms with Crippen LogP contribution < -0.4 is 15.6 Å². The number of carbonyl (C=O) groups is 1. The van der Waals surface area contributed by atoms with E-state index in [4.69, 9.17) is 4.74 Å². The summed E-state index contributed by atoms with van der Waals surface area (Å²) in [6.45, 7) is 5.80. The Morgan fingerprint density at radius 2 is 1.86 bits per heavy atom. The summed E-state index contributed by atoms with van der Waals surface area (Å²) in [4.78, 5) is 30.4. The zero-order valence-corrected chi connectivity index (χ0v) is 26.7. The predicted octanol–water partition coefficient (Wildman–Crippen LogP) is 6.72. The Morgan fingerprint density at radius 1 is 1.18 bits per heavy atom. The Balaban J connectivity index is 1.56. The number of alkyl halides is 4. The molecule has 0 bridgehead atoms. The van der Waals surface area contributed by atoms with Gasteiger partial charge in [-0.15, -0.1) is 0 Å². The van der Waals surface area contributed by atoms with Crippen LogP contribution in [0.15, 0.2) is 59.5 Å². The molecule has 4 rings (SSSR count). The minimum Gasteiger partial charge on any atom is -0.495 e. The van der Waals surface area contributed by atoms with Crippen molar-refractivity contribution in [1.29, 1.82) is 5.26 Å². The molecule has 0 aliphatic rings. The Bertz CT molecular complexity index is 1780. The van der Waals surface area contributed by atoms with Crippen molar-refractivity contribution in [2.75, 3.05) is 12.4 Å². The van der Waals surface area contributed by atoms with Crippen LogP contribution in [0.5, 0.6) is 5.75 Å².